The van der Waals surface area contributed by atoms with Crippen LogP contribution in [0.2, 0.25) is 5.02 Å². The van der Waals surface area contributed by atoms with Crippen molar-refractivity contribution in [1.29, 1.82) is 5.26 Å². The lowest BCUT2D eigenvalue weighted by Gasteiger charge is -2.13. The summed E-state index contributed by atoms with van der Waals surface area (Å²) in [5.41, 5.74) is 2.51. The molecule has 3 aromatic rings. The number of halogens is 1. The van der Waals surface area contributed by atoms with E-state index in [0.29, 0.717) is 40.6 Å². The molecule has 2 heterocycles. The van der Waals surface area contributed by atoms with E-state index in [1.165, 1.54) is 6.20 Å². The van der Waals surface area contributed by atoms with Gasteiger partial charge in [0.2, 0.25) is 0 Å². The number of imidazole rings is 1. The molecule has 0 aliphatic heterocycles. The topological polar surface area (TPSA) is 90.5 Å². The number of aromatic nitrogens is 2. The molecule has 1 amide bonds. The van der Waals surface area contributed by atoms with Crippen molar-refractivity contribution in [1.82, 2.24) is 14.3 Å². The largest absolute Gasteiger partial charge is 0.319 e. The van der Waals surface area contributed by atoms with Gasteiger partial charge in [-0.15, -0.1) is 0 Å². The van der Waals surface area contributed by atoms with Crippen LogP contribution in [0.4, 0.5) is 5.69 Å². The first-order valence-electron chi connectivity index (χ1n) is 9.01. The molecule has 0 saturated carbocycles. The van der Waals surface area contributed by atoms with Gasteiger partial charge in [-0.1, -0.05) is 23.7 Å². The number of amides is 1. The molecular weight excluding hydrogens is 390 g/mol. The SMILES string of the molecule is CN(C)CCc1cn2c(C(=O)Nc3ccccc3Cl)cnc2cc1C(=O)CC#N. The minimum atomic E-state index is -0.361. The van der Waals surface area contributed by atoms with Crippen LogP contribution in [-0.2, 0) is 6.42 Å². The molecule has 148 valence electrons. The summed E-state index contributed by atoms with van der Waals surface area (Å²) in [6, 6.07) is 10.5. The van der Waals surface area contributed by atoms with Gasteiger partial charge in [0.1, 0.15) is 11.3 Å². The van der Waals surface area contributed by atoms with Crippen molar-refractivity contribution in [2.24, 2.45) is 0 Å². The summed E-state index contributed by atoms with van der Waals surface area (Å²) in [6.45, 7) is 0.716. The number of carbonyl (C=O) groups is 2. The summed E-state index contributed by atoms with van der Waals surface area (Å²) in [6.07, 6.45) is 3.60. The number of para-hydroxylation sites is 1. The van der Waals surface area contributed by atoms with E-state index in [1.807, 2.05) is 25.1 Å². The molecular formula is C21H20ClN5O2. The van der Waals surface area contributed by atoms with Crippen LogP contribution in [0.15, 0.2) is 42.7 Å². The number of nitrogens with zero attached hydrogens (tertiary/aromatic N) is 4. The lowest BCUT2D eigenvalue weighted by atomic mass is 10.0. The van der Waals surface area contributed by atoms with E-state index >= 15 is 0 Å². The van der Waals surface area contributed by atoms with Crippen LogP contribution >= 0.6 is 11.6 Å². The predicted octanol–water partition coefficient (Wildman–Crippen LogP) is 3.44. The second kappa shape index (κ2) is 8.86. The van der Waals surface area contributed by atoms with Crippen molar-refractivity contribution >= 4 is 34.6 Å². The lowest BCUT2D eigenvalue weighted by Crippen LogP contribution is -2.18. The Labute approximate surface area is 173 Å². The number of hydrogen-bond donors (Lipinski definition) is 1. The molecule has 0 spiro atoms. The van der Waals surface area contributed by atoms with Crippen molar-refractivity contribution in [3.8, 4) is 6.07 Å². The molecule has 0 bridgehead atoms. The van der Waals surface area contributed by atoms with Crippen molar-refractivity contribution in [3.05, 3.63) is 64.6 Å². The zero-order valence-electron chi connectivity index (χ0n) is 16.1. The molecule has 0 unspecified atom stereocenters. The van der Waals surface area contributed by atoms with Gasteiger partial charge in [-0.25, -0.2) is 4.98 Å². The van der Waals surface area contributed by atoms with E-state index in [9.17, 15) is 9.59 Å². The zero-order chi connectivity index (χ0) is 21.0. The molecule has 2 aromatic heterocycles. The summed E-state index contributed by atoms with van der Waals surface area (Å²) >= 11 is 6.12. The Kier molecular flexibility index (Phi) is 6.27. The highest BCUT2D eigenvalue weighted by atomic mass is 35.5. The number of fused-ring (bicyclic) bond motifs is 1. The number of nitrogens with one attached hydrogen (secondary N) is 1. The van der Waals surface area contributed by atoms with Crippen LogP contribution in [0.5, 0.6) is 0 Å². The Balaban J connectivity index is 2.00. The van der Waals surface area contributed by atoms with Crippen molar-refractivity contribution in [2.75, 3.05) is 26.0 Å². The van der Waals surface area contributed by atoms with Crippen LogP contribution < -0.4 is 5.32 Å². The number of likely N-dealkylation sites (N-methyl/N-ethyl adjacent to an activating group) is 1. The highest BCUT2D eigenvalue weighted by Crippen LogP contribution is 2.22. The van der Waals surface area contributed by atoms with E-state index < -0.39 is 0 Å². The Morgan fingerprint density at radius 1 is 1.31 bits per heavy atom. The third-order valence-electron chi connectivity index (χ3n) is 4.45. The number of benzene rings is 1. The van der Waals surface area contributed by atoms with E-state index in [4.69, 9.17) is 16.9 Å². The van der Waals surface area contributed by atoms with Crippen molar-refractivity contribution in [3.63, 3.8) is 0 Å². The molecule has 29 heavy (non-hydrogen) atoms. The van der Waals surface area contributed by atoms with Crippen LogP contribution in [0.25, 0.3) is 5.65 Å². The first kappa shape index (κ1) is 20.5. The highest BCUT2D eigenvalue weighted by molar-refractivity contribution is 6.33. The second-order valence-corrected chi connectivity index (χ2v) is 7.24. The van der Waals surface area contributed by atoms with Crippen LogP contribution in [-0.4, -0.2) is 46.6 Å². The molecule has 0 aliphatic carbocycles. The molecule has 1 N–H and O–H groups in total. The summed E-state index contributed by atoms with van der Waals surface area (Å²) in [7, 11) is 3.88. The van der Waals surface area contributed by atoms with Gasteiger partial charge in [0, 0.05) is 18.3 Å². The molecule has 7 nitrogen and oxygen atoms in total. The molecule has 8 heteroatoms. The smallest absolute Gasteiger partial charge is 0.274 e. The molecule has 0 radical (unpaired) electrons. The van der Waals surface area contributed by atoms with Crippen LogP contribution in [0.1, 0.15) is 32.8 Å². The van der Waals surface area contributed by atoms with Gasteiger partial charge < -0.3 is 10.2 Å². The normalized spacial score (nSPS) is 10.9. The van der Waals surface area contributed by atoms with Gasteiger partial charge in [0.05, 0.1) is 29.4 Å². The molecule has 0 fully saturated rings. The summed E-state index contributed by atoms with van der Waals surface area (Å²) in [4.78, 5) is 31.5. The maximum Gasteiger partial charge on any atom is 0.274 e. The minimum Gasteiger partial charge on any atom is -0.319 e. The first-order chi connectivity index (χ1) is 13.9. The van der Waals surface area contributed by atoms with Gasteiger partial charge in [-0.05, 0) is 44.3 Å². The zero-order valence-corrected chi connectivity index (χ0v) is 16.9. The number of nitriles is 1. The second-order valence-electron chi connectivity index (χ2n) is 6.83. The molecule has 0 saturated heterocycles. The van der Waals surface area contributed by atoms with E-state index in [2.05, 4.69) is 10.3 Å². The Morgan fingerprint density at radius 3 is 2.76 bits per heavy atom. The number of carbonyl (C=O) groups excluding carboxylic acids is 2. The summed E-state index contributed by atoms with van der Waals surface area (Å²) in [5.74, 6) is -0.617. The number of pyridine rings is 1. The van der Waals surface area contributed by atoms with E-state index in [1.54, 1.807) is 40.9 Å². The maximum atomic E-state index is 12.8. The predicted molar refractivity (Wildman–Crippen MR) is 111 cm³/mol. The molecule has 0 aliphatic rings. The highest BCUT2D eigenvalue weighted by Gasteiger charge is 2.18. The Hall–Kier alpha value is -3.21. The van der Waals surface area contributed by atoms with Gasteiger partial charge in [-0.2, -0.15) is 5.26 Å². The Morgan fingerprint density at radius 2 is 2.07 bits per heavy atom. The van der Waals surface area contributed by atoms with Crippen LogP contribution in [0.3, 0.4) is 0 Å². The molecule has 3 rings (SSSR count). The number of rotatable bonds is 7. The fourth-order valence-electron chi connectivity index (χ4n) is 2.95. The summed E-state index contributed by atoms with van der Waals surface area (Å²) < 4.78 is 1.65. The number of ketones is 1. The number of hydrogen-bond acceptors (Lipinski definition) is 5. The number of anilines is 1. The standard InChI is InChI=1S/C21H20ClN5O2/c1-26(2)10-8-14-13-27-18(21(29)25-17-6-4-3-5-16(17)22)12-24-20(27)11-15(14)19(28)7-9-23/h3-6,11-13H,7-8,10H2,1-2H3,(H,25,29). The third-order valence-corrected chi connectivity index (χ3v) is 4.78. The number of Topliss-reactive ketones (excluding diaryl/α,β-unsaturated/α-hetero) is 1. The van der Waals surface area contributed by atoms with E-state index in [-0.39, 0.29) is 18.1 Å². The monoisotopic (exact) mass is 409 g/mol. The van der Waals surface area contributed by atoms with Gasteiger partial charge in [0.15, 0.2) is 5.78 Å². The van der Waals surface area contributed by atoms with Gasteiger partial charge in [-0.3, -0.25) is 14.0 Å². The average molecular weight is 410 g/mol. The van der Waals surface area contributed by atoms with Crippen LogP contribution in [0, 0.1) is 11.3 Å². The minimum absolute atomic E-state index is 0.203. The first-order valence-corrected chi connectivity index (χ1v) is 9.39. The van der Waals surface area contributed by atoms with E-state index in [0.717, 1.165) is 5.56 Å². The average Bonchev–Trinajstić information content (AvgIpc) is 3.10. The fourth-order valence-corrected chi connectivity index (χ4v) is 3.13. The summed E-state index contributed by atoms with van der Waals surface area (Å²) in [5, 5.41) is 12.1. The van der Waals surface area contributed by atoms with Crippen molar-refractivity contribution in [2.45, 2.75) is 12.8 Å². The third kappa shape index (κ3) is 4.62. The molecule has 1 aromatic carbocycles. The molecule has 0 atom stereocenters. The maximum absolute atomic E-state index is 12.8. The lowest BCUT2D eigenvalue weighted by molar-refractivity contribution is 0.0994. The Bertz CT molecular complexity index is 1110. The van der Waals surface area contributed by atoms with Gasteiger partial charge >= 0.3 is 0 Å². The van der Waals surface area contributed by atoms with Gasteiger partial charge in [0.25, 0.3) is 5.91 Å². The quantitative estimate of drug-likeness (QED) is 0.603. The fraction of sp³-hybridized carbons (Fsp3) is 0.238. The van der Waals surface area contributed by atoms with Crippen molar-refractivity contribution < 1.29 is 9.59 Å².